The van der Waals surface area contributed by atoms with Crippen molar-refractivity contribution in [3.05, 3.63) is 212 Å². The van der Waals surface area contributed by atoms with Gasteiger partial charge in [0.1, 0.15) is 82.9 Å². The molecule has 0 saturated carbocycles. The third-order valence-corrected chi connectivity index (χ3v) is 22.2. The molecule has 4 aliphatic heterocycles. The Morgan fingerprint density at radius 3 is 1.20 bits per heavy atom. The monoisotopic (exact) mass is 1770 g/mol. The summed E-state index contributed by atoms with van der Waals surface area (Å²) in [7, 11) is 4.64. The maximum Gasteiger partial charge on any atom is 0.490 e. The van der Waals surface area contributed by atoms with Crippen LogP contribution < -0.4 is 37.9 Å². The quantitative estimate of drug-likeness (QED) is 0.0310. The molecule has 7 N–H and O–H groups in total. The lowest BCUT2D eigenvalue weighted by Gasteiger charge is -2.32. The molecule has 0 spiro atoms. The fourth-order valence-corrected chi connectivity index (χ4v) is 14.5. The van der Waals surface area contributed by atoms with E-state index in [2.05, 4.69) is 67.1 Å². The zero-order valence-electron chi connectivity index (χ0n) is 72.8. The van der Waals surface area contributed by atoms with Crippen LogP contribution in [-0.4, -0.2) is 170 Å². The number of rotatable bonds is 18. The average Bonchev–Trinajstić information content (AvgIpc) is 1.67. The van der Waals surface area contributed by atoms with Gasteiger partial charge in [-0.25, -0.2) is 39.5 Å². The zero-order valence-corrected chi connectivity index (χ0v) is 74.4. The Morgan fingerprint density at radius 2 is 0.870 bits per heavy atom. The van der Waals surface area contributed by atoms with Crippen LogP contribution in [0.1, 0.15) is 189 Å². The van der Waals surface area contributed by atoms with Gasteiger partial charge in [-0.3, -0.25) is 28.1 Å². The highest BCUT2D eigenvalue weighted by molar-refractivity contribution is 9.10. The summed E-state index contributed by atoms with van der Waals surface area (Å²) >= 11 is 3.25. The summed E-state index contributed by atoms with van der Waals surface area (Å²) in [5.41, 5.74) is 4.13. The van der Waals surface area contributed by atoms with Crippen LogP contribution in [0.3, 0.4) is 0 Å². The summed E-state index contributed by atoms with van der Waals surface area (Å²) < 4.78 is 112. The van der Waals surface area contributed by atoms with E-state index in [0.717, 1.165) is 36.0 Å². The molecule has 9 aromatic rings. The number of fused-ring (bicyclic) bond motifs is 3. The predicted molar refractivity (Wildman–Crippen MR) is 467 cm³/mol. The molecule has 123 heavy (non-hydrogen) atoms. The summed E-state index contributed by atoms with van der Waals surface area (Å²) in [5, 5.41) is 42.0. The number of nitrogens with zero attached hydrogens (tertiary/aromatic N) is 11. The van der Waals surface area contributed by atoms with Crippen LogP contribution in [-0.2, 0) is 57.7 Å². The molecule has 660 valence electrons. The molecule has 0 aliphatic carbocycles. The number of hydrogen-bond acceptors (Lipinski definition) is 22. The molecule has 3 aromatic carbocycles. The number of aryl methyl sites for hydroxylation is 6. The van der Waals surface area contributed by atoms with E-state index in [1.54, 1.807) is 88.1 Å². The van der Waals surface area contributed by atoms with E-state index in [4.69, 9.17) is 34.1 Å². The zero-order chi connectivity index (χ0) is 90.6. The molecule has 13 rings (SSSR count). The van der Waals surface area contributed by atoms with Crippen LogP contribution in [0.5, 0.6) is 0 Å². The van der Waals surface area contributed by atoms with Crippen molar-refractivity contribution in [3.8, 4) is 0 Å². The summed E-state index contributed by atoms with van der Waals surface area (Å²) in [6.45, 7) is 29.5. The molecule has 0 radical (unpaired) electrons. The van der Waals surface area contributed by atoms with Crippen LogP contribution in [0.4, 0.5) is 53.4 Å². The van der Waals surface area contributed by atoms with Gasteiger partial charge in [-0.2, -0.15) is 26.3 Å². The number of pyridine rings is 3. The standard InChI is InChI=1S/C29H35F2N5O4.C24H27F2N5O2.C19H19BrF2N4O2.C16H28BNO4/c1-17(20-8-7-9-21(14-20)29(30,31)16-37)32-24-23-15-22(26(38)35(6)25(23)34-18(2)33-24)19-10-12-36(13-11-19)27(39)40-28(3,4)5;1-14(17-5-4-6-18(11-17)24(25,26)13-32)28-21-20-12-19(16-7-9-27-10-8-16)23(33)31(3)22(20)30-15(2)29-21;1-10(12-5-4-6-13(7-12)19(21,22)9-27)23-16-14-8-15(20)18(28)26(3)17(14)25-11(2)24-16;1-14(2,3)20-13(19)18-10-8-12(9-11-18)17-21-15(4,5)16(6,7)22-17/h7-10,14-15,17,37H,11-13,16H2,1-6H3,(H,32,33,34);4-7,11-12,14,27,32H,8-10,13H2,1-3H3,(H,28,29,30);4-8,10,27H,9H2,1-3H3,(H,23,24,25);8H,9-11H2,1-7H3/t17-;14-;10-;/m111./s1. The van der Waals surface area contributed by atoms with E-state index in [-0.39, 0.29) is 69.9 Å². The minimum atomic E-state index is -3.35. The Labute approximate surface area is 718 Å². The first-order valence-corrected chi connectivity index (χ1v) is 41.2. The van der Waals surface area contributed by atoms with Gasteiger partial charge in [0.25, 0.3) is 34.4 Å². The second-order valence-electron chi connectivity index (χ2n) is 34.0. The Morgan fingerprint density at radius 1 is 0.520 bits per heavy atom. The van der Waals surface area contributed by atoms with Crippen molar-refractivity contribution in [1.29, 1.82) is 0 Å². The van der Waals surface area contributed by atoms with Gasteiger partial charge < -0.3 is 65.2 Å². The van der Waals surface area contributed by atoms with Crippen LogP contribution in [0, 0.1) is 20.8 Å². The maximum absolute atomic E-state index is 14.1. The van der Waals surface area contributed by atoms with Gasteiger partial charge in [0.15, 0.2) is 0 Å². The predicted octanol–water partition coefficient (Wildman–Crippen LogP) is 15.0. The third kappa shape index (κ3) is 22.6. The SMILES string of the molecule is CC(C)(C)OC(=O)N1CC=C(B2OC(C)(C)C(C)(C)O2)CC1.Cc1nc(N[C@H](C)c2cccc(C(F)(F)CO)c2)c2cc(Br)c(=O)n(C)c2n1.Cc1nc(N[C@H](C)c2cccc(C(F)(F)CO)c2)c2cc(C3=CCN(C(=O)OC(C)(C)C)CC3)c(=O)n(C)c2n1.Cc1nc(N[C@H](C)c2cccc(C(F)(F)CO)c2)c2cc(C3=CCNCC3)c(=O)n(C)c2n1. The average molecular weight is 1770 g/mol. The molecule has 35 heteroatoms. The van der Waals surface area contributed by atoms with Gasteiger partial charge in [0.05, 0.1) is 31.8 Å². The van der Waals surface area contributed by atoms with E-state index in [0.29, 0.717) is 139 Å². The van der Waals surface area contributed by atoms with Crippen LogP contribution >= 0.6 is 15.9 Å². The maximum atomic E-state index is 14.1. The number of benzene rings is 3. The van der Waals surface area contributed by atoms with Crippen LogP contribution in [0.25, 0.3) is 44.2 Å². The number of aromatic nitrogens is 9. The molecule has 1 saturated heterocycles. The normalized spacial score (nSPS) is 16.3. The molecule has 3 atom stereocenters. The molecular formula is C88H109BBrF6N15O12. The van der Waals surface area contributed by atoms with E-state index in [1.165, 1.54) is 62.2 Å². The van der Waals surface area contributed by atoms with Crippen molar-refractivity contribution in [1.82, 2.24) is 58.7 Å². The number of carbonyl (C=O) groups is 2. The number of hydrogen-bond donors (Lipinski definition) is 7. The molecule has 0 bridgehead atoms. The fourth-order valence-electron chi connectivity index (χ4n) is 14.0. The number of carbonyl (C=O) groups excluding carboxylic acids is 2. The summed E-state index contributed by atoms with van der Waals surface area (Å²) in [5.74, 6) is -7.11. The summed E-state index contributed by atoms with van der Waals surface area (Å²) in [6.07, 6.45) is 7.19. The largest absolute Gasteiger partial charge is 0.490 e. The van der Waals surface area contributed by atoms with Gasteiger partial charge in [-0.15, -0.1) is 0 Å². The number of aliphatic hydroxyl groups excluding tert-OH is 3. The highest BCUT2D eigenvalue weighted by Crippen LogP contribution is 2.41. The highest BCUT2D eigenvalue weighted by atomic mass is 79.9. The van der Waals surface area contributed by atoms with Crippen molar-refractivity contribution in [2.75, 3.05) is 75.0 Å². The molecule has 0 unspecified atom stereocenters. The van der Waals surface area contributed by atoms with Crippen molar-refractivity contribution in [2.24, 2.45) is 21.1 Å². The summed E-state index contributed by atoms with van der Waals surface area (Å²) in [6, 6.07) is 21.8. The second-order valence-corrected chi connectivity index (χ2v) is 34.8. The molecule has 27 nitrogen and oxygen atoms in total. The van der Waals surface area contributed by atoms with E-state index in [1.807, 2.05) is 114 Å². The Hall–Kier alpha value is -10.4. The van der Waals surface area contributed by atoms with Crippen molar-refractivity contribution >= 4 is 96.9 Å². The second kappa shape index (κ2) is 38.0. The number of ether oxygens (including phenoxy) is 2. The topological polar surface area (TPSA) is 330 Å². The molecular weight excluding hydrogens is 1660 g/mol. The lowest BCUT2D eigenvalue weighted by Crippen LogP contribution is -2.41. The van der Waals surface area contributed by atoms with Crippen molar-refractivity contribution in [3.63, 3.8) is 0 Å². The minimum Gasteiger partial charge on any atom is -0.444 e. The first kappa shape index (κ1) is 94.8. The lowest BCUT2D eigenvalue weighted by molar-refractivity contribution is -0.0558. The molecule has 4 aliphatic rings. The number of alkyl halides is 6. The van der Waals surface area contributed by atoms with E-state index >= 15 is 0 Å². The number of aliphatic hydroxyl groups is 3. The van der Waals surface area contributed by atoms with Gasteiger partial charge in [0.2, 0.25) is 0 Å². The first-order chi connectivity index (χ1) is 57.5. The number of amides is 2. The van der Waals surface area contributed by atoms with Crippen molar-refractivity contribution in [2.45, 2.75) is 188 Å². The van der Waals surface area contributed by atoms with E-state index in [9.17, 15) is 50.3 Å². The number of halogens is 7. The third-order valence-electron chi connectivity index (χ3n) is 21.6. The van der Waals surface area contributed by atoms with Gasteiger partial charge >= 0.3 is 19.3 Å². The Bertz CT molecular complexity index is 5720. The van der Waals surface area contributed by atoms with Crippen LogP contribution in [0.15, 0.2) is 134 Å². The Balaban J connectivity index is 0.000000175. The molecule has 6 aromatic heterocycles. The highest BCUT2D eigenvalue weighted by Gasteiger charge is 2.53. The number of anilines is 3. The van der Waals surface area contributed by atoms with Crippen molar-refractivity contribution < 1.29 is 70.0 Å². The minimum absolute atomic E-state index is 0.119. The lowest BCUT2D eigenvalue weighted by atomic mass is 9.75. The fraction of sp³-hybridized carbons (Fsp3) is 0.466. The molecule has 1 fully saturated rings. The summed E-state index contributed by atoms with van der Waals surface area (Å²) in [4.78, 5) is 93.2. The Kier molecular flexibility index (Phi) is 29.3. The first-order valence-electron chi connectivity index (χ1n) is 40.4. The smallest absolute Gasteiger partial charge is 0.444 e. The van der Waals surface area contributed by atoms with Gasteiger partial charge in [-0.05, 0) is 222 Å². The van der Waals surface area contributed by atoms with Gasteiger partial charge in [0, 0.05) is 99.8 Å². The van der Waals surface area contributed by atoms with Gasteiger partial charge in [-0.1, -0.05) is 72.8 Å². The van der Waals surface area contributed by atoms with Crippen LogP contribution in [0.2, 0.25) is 0 Å². The van der Waals surface area contributed by atoms with E-state index < -0.39 is 60.9 Å². The molecule has 10 heterocycles. The molecule has 2 amide bonds. The number of nitrogens with one attached hydrogen (secondary N) is 4.